The molecule has 0 unspecified atom stereocenters. The van der Waals surface area contributed by atoms with E-state index in [1.165, 1.54) is 8.71 Å². The second kappa shape index (κ2) is 6.42. The number of nitrogen functional groups attached to an aromatic ring is 1. The van der Waals surface area contributed by atoms with Crippen LogP contribution in [0.5, 0.6) is 0 Å². The summed E-state index contributed by atoms with van der Waals surface area (Å²) in [5, 5.41) is 0.0691. The van der Waals surface area contributed by atoms with Crippen molar-refractivity contribution in [3.05, 3.63) is 24.4 Å². The molecule has 0 saturated carbocycles. The van der Waals surface area contributed by atoms with Gasteiger partial charge in [-0.3, -0.25) is 4.40 Å². The third-order valence-corrected chi connectivity index (χ3v) is 5.24. The van der Waals surface area contributed by atoms with E-state index in [1.54, 1.807) is 31.4 Å². The Morgan fingerprint density at radius 2 is 2.14 bits per heavy atom. The molecule has 2 rings (SSSR count). The smallest absolute Gasteiger partial charge is 0.262 e. The molecule has 0 fully saturated rings. The Kier molecular flexibility index (Phi) is 4.81. The van der Waals surface area contributed by atoms with E-state index < -0.39 is 10.0 Å². The minimum atomic E-state index is -3.65. The summed E-state index contributed by atoms with van der Waals surface area (Å²) < 4.78 is 28.4. The minimum absolute atomic E-state index is 0.0691. The number of hydrogen-bond donors (Lipinski definition) is 2. The Morgan fingerprint density at radius 1 is 1.38 bits per heavy atom. The van der Waals surface area contributed by atoms with E-state index in [9.17, 15) is 8.42 Å². The second-order valence-corrected chi connectivity index (χ2v) is 6.83. The molecule has 0 bridgehead atoms. The first-order chi connectivity index (χ1) is 10.0. The van der Waals surface area contributed by atoms with E-state index in [0.717, 1.165) is 19.3 Å². The molecule has 116 valence electrons. The molecule has 2 heterocycles. The molecule has 0 saturated heterocycles. The highest BCUT2D eigenvalue weighted by Crippen LogP contribution is 2.24. The lowest BCUT2D eigenvalue weighted by atomic mass is 10.2. The van der Waals surface area contributed by atoms with Gasteiger partial charge in [-0.1, -0.05) is 25.8 Å². The van der Waals surface area contributed by atoms with Gasteiger partial charge in [-0.05, 0) is 18.6 Å². The first-order valence-electron chi connectivity index (χ1n) is 6.92. The van der Waals surface area contributed by atoms with Crippen molar-refractivity contribution in [2.45, 2.75) is 31.2 Å². The molecule has 0 aromatic carbocycles. The SMILES string of the molecule is CCCCCN(C)S(=O)(=O)c1c(NN)nc2ccccn12. The number of nitrogens with zero attached hydrogens (tertiary/aromatic N) is 3. The Labute approximate surface area is 124 Å². The Morgan fingerprint density at radius 3 is 2.81 bits per heavy atom. The molecular weight excluding hydrogens is 290 g/mol. The van der Waals surface area contributed by atoms with Crippen LogP contribution in [-0.2, 0) is 10.0 Å². The number of hydrogen-bond acceptors (Lipinski definition) is 5. The van der Waals surface area contributed by atoms with Crippen LogP contribution in [0.25, 0.3) is 5.65 Å². The maximum atomic E-state index is 12.8. The van der Waals surface area contributed by atoms with Crippen molar-refractivity contribution in [2.75, 3.05) is 19.0 Å². The first-order valence-corrected chi connectivity index (χ1v) is 8.36. The van der Waals surface area contributed by atoms with Crippen LogP contribution < -0.4 is 11.3 Å². The molecule has 7 nitrogen and oxygen atoms in total. The number of pyridine rings is 1. The topological polar surface area (TPSA) is 92.7 Å². The quantitative estimate of drug-likeness (QED) is 0.458. The lowest BCUT2D eigenvalue weighted by Crippen LogP contribution is -2.30. The average molecular weight is 311 g/mol. The maximum Gasteiger partial charge on any atom is 0.262 e. The number of nitrogens with one attached hydrogen (secondary N) is 1. The third kappa shape index (κ3) is 3.02. The van der Waals surface area contributed by atoms with Gasteiger partial charge in [0, 0.05) is 19.8 Å². The number of sulfonamides is 1. The van der Waals surface area contributed by atoms with Gasteiger partial charge in [0.05, 0.1) is 0 Å². The average Bonchev–Trinajstić information content (AvgIpc) is 2.86. The zero-order valence-corrected chi connectivity index (χ0v) is 13.1. The number of unbranched alkanes of at least 4 members (excludes halogenated alkanes) is 2. The van der Waals surface area contributed by atoms with Gasteiger partial charge in [-0.2, -0.15) is 4.31 Å². The predicted octanol–water partition coefficient (Wildman–Crippen LogP) is 1.43. The molecule has 0 radical (unpaired) electrons. The van der Waals surface area contributed by atoms with Crippen LogP contribution in [0.4, 0.5) is 5.82 Å². The van der Waals surface area contributed by atoms with Gasteiger partial charge < -0.3 is 5.43 Å². The second-order valence-electron chi connectivity index (χ2n) is 4.87. The molecule has 21 heavy (non-hydrogen) atoms. The molecule has 0 spiro atoms. The maximum absolute atomic E-state index is 12.8. The van der Waals surface area contributed by atoms with Gasteiger partial charge in [-0.25, -0.2) is 19.2 Å². The molecule has 0 aliphatic carbocycles. The molecule has 0 aliphatic rings. The molecule has 0 atom stereocenters. The zero-order valence-electron chi connectivity index (χ0n) is 12.3. The van der Waals surface area contributed by atoms with Crippen molar-refractivity contribution >= 4 is 21.5 Å². The number of hydrazine groups is 1. The normalized spacial score (nSPS) is 12.2. The van der Waals surface area contributed by atoms with E-state index in [-0.39, 0.29) is 10.8 Å². The van der Waals surface area contributed by atoms with Crippen LogP contribution in [-0.4, -0.2) is 35.7 Å². The molecule has 0 aliphatic heterocycles. The molecule has 3 N–H and O–H groups in total. The number of imidazole rings is 1. The van der Waals surface area contributed by atoms with Crippen molar-refractivity contribution in [1.29, 1.82) is 0 Å². The fourth-order valence-corrected chi connectivity index (χ4v) is 3.58. The first kappa shape index (κ1) is 15.7. The predicted molar refractivity (Wildman–Crippen MR) is 82.3 cm³/mol. The lowest BCUT2D eigenvalue weighted by molar-refractivity contribution is 0.451. The van der Waals surface area contributed by atoms with E-state index in [0.29, 0.717) is 12.2 Å². The van der Waals surface area contributed by atoms with Crippen LogP contribution in [0.3, 0.4) is 0 Å². The largest absolute Gasteiger partial charge is 0.306 e. The summed E-state index contributed by atoms with van der Waals surface area (Å²) in [6, 6.07) is 5.28. The number of rotatable bonds is 7. The minimum Gasteiger partial charge on any atom is -0.306 e. The standard InChI is InChI=1S/C13H21N5O2S/c1-3-4-6-9-17(2)21(19,20)13-12(16-14)15-11-8-5-7-10-18(11)13/h5,7-8,10,16H,3-4,6,9,14H2,1-2H3. The fourth-order valence-electron chi connectivity index (χ4n) is 2.17. The summed E-state index contributed by atoms with van der Waals surface area (Å²) in [6.07, 6.45) is 4.53. The lowest BCUT2D eigenvalue weighted by Gasteiger charge is -2.17. The Hall–Kier alpha value is -1.64. The number of anilines is 1. The van der Waals surface area contributed by atoms with Crippen LogP contribution in [0, 0.1) is 0 Å². The molecular formula is C13H21N5O2S. The summed E-state index contributed by atoms with van der Waals surface area (Å²) in [4.78, 5) is 4.20. The van der Waals surface area contributed by atoms with E-state index in [4.69, 9.17) is 5.84 Å². The summed E-state index contributed by atoms with van der Waals surface area (Å²) in [7, 11) is -2.08. The van der Waals surface area contributed by atoms with Crippen molar-refractivity contribution in [3.8, 4) is 0 Å². The summed E-state index contributed by atoms with van der Waals surface area (Å²) >= 11 is 0. The number of aromatic nitrogens is 2. The summed E-state index contributed by atoms with van der Waals surface area (Å²) in [5.74, 6) is 5.58. The highest BCUT2D eigenvalue weighted by Gasteiger charge is 2.28. The van der Waals surface area contributed by atoms with E-state index in [1.807, 2.05) is 0 Å². The van der Waals surface area contributed by atoms with Gasteiger partial charge in [0.25, 0.3) is 10.0 Å². The van der Waals surface area contributed by atoms with Gasteiger partial charge >= 0.3 is 0 Å². The van der Waals surface area contributed by atoms with Gasteiger partial charge in [-0.15, -0.1) is 0 Å². The highest BCUT2D eigenvalue weighted by molar-refractivity contribution is 7.89. The van der Waals surface area contributed by atoms with Crippen molar-refractivity contribution < 1.29 is 8.42 Å². The molecule has 8 heteroatoms. The number of fused-ring (bicyclic) bond motifs is 1. The van der Waals surface area contributed by atoms with Gasteiger partial charge in [0.15, 0.2) is 5.82 Å². The van der Waals surface area contributed by atoms with Gasteiger partial charge in [0.2, 0.25) is 5.03 Å². The van der Waals surface area contributed by atoms with Crippen molar-refractivity contribution in [3.63, 3.8) is 0 Å². The van der Waals surface area contributed by atoms with Crippen molar-refractivity contribution in [2.24, 2.45) is 5.84 Å². The van der Waals surface area contributed by atoms with Crippen LogP contribution in [0.2, 0.25) is 0 Å². The fraction of sp³-hybridized carbons (Fsp3) is 0.462. The van der Waals surface area contributed by atoms with E-state index in [2.05, 4.69) is 17.3 Å². The zero-order chi connectivity index (χ0) is 15.5. The van der Waals surface area contributed by atoms with Crippen molar-refractivity contribution in [1.82, 2.24) is 13.7 Å². The van der Waals surface area contributed by atoms with Crippen LogP contribution in [0.15, 0.2) is 29.4 Å². The summed E-state index contributed by atoms with van der Waals surface area (Å²) in [6.45, 7) is 2.55. The van der Waals surface area contributed by atoms with E-state index >= 15 is 0 Å². The Bertz CT molecular complexity index is 710. The summed E-state index contributed by atoms with van der Waals surface area (Å²) in [5.41, 5.74) is 2.91. The molecule has 2 aromatic heterocycles. The van der Waals surface area contributed by atoms with Crippen LogP contribution in [0.1, 0.15) is 26.2 Å². The third-order valence-electron chi connectivity index (χ3n) is 3.35. The molecule has 0 amide bonds. The molecule has 2 aromatic rings. The highest BCUT2D eigenvalue weighted by atomic mass is 32.2. The Balaban J connectivity index is 2.43. The number of nitrogens with two attached hydrogens (primary N) is 1. The van der Waals surface area contributed by atoms with Crippen LogP contribution >= 0.6 is 0 Å². The monoisotopic (exact) mass is 311 g/mol. The van der Waals surface area contributed by atoms with Gasteiger partial charge in [0.1, 0.15) is 5.65 Å².